The number of hydrogen-bond donors (Lipinski definition) is 4. The second kappa shape index (κ2) is 4.30. The van der Waals surface area contributed by atoms with Crippen molar-refractivity contribution in [2.24, 2.45) is 0 Å². The fourth-order valence-corrected chi connectivity index (χ4v) is 1.57. The summed E-state index contributed by atoms with van der Waals surface area (Å²) >= 11 is 0. The number of hydrogen-bond acceptors (Lipinski definition) is 4. The first-order valence-electron chi connectivity index (χ1n) is 5.34. The minimum atomic E-state index is -1.30. The molecule has 0 bridgehead atoms. The number of rotatable bonds is 2. The third-order valence-electron chi connectivity index (χ3n) is 2.66. The Balaban J connectivity index is 2.87. The van der Waals surface area contributed by atoms with Gasteiger partial charge in [0, 0.05) is 6.42 Å². The lowest BCUT2D eigenvalue weighted by molar-refractivity contribution is -0.0706. The van der Waals surface area contributed by atoms with Crippen molar-refractivity contribution in [2.45, 2.75) is 50.6 Å². The van der Waals surface area contributed by atoms with Crippen LogP contribution >= 0.6 is 0 Å². The molecule has 92 valence electrons. The molecule has 16 heavy (non-hydrogen) atoms. The Kier molecular flexibility index (Phi) is 3.59. The van der Waals surface area contributed by atoms with Gasteiger partial charge in [0.15, 0.2) is 0 Å². The van der Waals surface area contributed by atoms with Crippen LogP contribution in [0.25, 0.3) is 0 Å². The van der Waals surface area contributed by atoms with E-state index in [1.54, 1.807) is 19.9 Å². The lowest BCUT2D eigenvalue weighted by Gasteiger charge is -2.34. The lowest BCUT2D eigenvalue weighted by Crippen LogP contribution is -2.45. The number of aliphatic hydroxyl groups is 4. The fourth-order valence-electron chi connectivity index (χ4n) is 1.57. The zero-order chi connectivity index (χ0) is 12.6. The molecule has 0 aromatic heterocycles. The highest BCUT2D eigenvalue weighted by Crippen LogP contribution is 2.28. The molecule has 0 saturated carbocycles. The largest absolute Gasteiger partial charge is 0.388 e. The third-order valence-corrected chi connectivity index (χ3v) is 2.66. The van der Waals surface area contributed by atoms with Crippen molar-refractivity contribution in [3.8, 4) is 0 Å². The van der Waals surface area contributed by atoms with E-state index in [-0.39, 0.29) is 6.42 Å². The van der Waals surface area contributed by atoms with Crippen LogP contribution in [0.15, 0.2) is 23.8 Å². The monoisotopic (exact) mass is 228 g/mol. The zero-order valence-corrected chi connectivity index (χ0v) is 9.88. The van der Waals surface area contributed by atoms with Crippen LogP contribution in [0.3, 0.4) is 0 Å². The molecule has 4 N–H and O–H groups in total. The first-order chi connectivity index (χ1) is 7.12. The van der Waals surface area contributed by atoms with Gasteiger partial charge < -0.3 is 20.4 Å². The maximum absolute atomic E-state index is 9.75. The second-order valence-electron chi connectivity index (χ2n) is 5.18. The van der Waals surface area contributed by atoms with Gasteiger partial charge in [-0.1, -0.05) is 12.2 Å². The predicted octanol–water partition coefficient (Wildman–Crippen LogP) is 0.116. The molecule has 0 fully saturated rings. The smallest absolute Gasteiger partial charge is 0.101 e. The second-order valence-corrected chi connectivity index (χ2v) is 5.18. The summed E-state index contributed by atoms with van der Waals surface area (Å²) in [5.74, 6) is 0. The molecule has 0 amide bonds. The lowest BCUT2D eigenvalue weighted by atomic mass is 9.82. The molecule has 0 aromatic rings. The number of aliphatic hydroxyl groups excluding tert-OH is 2. The molecule has 1 rings (SSSR count). The molecule has 0 saturated heterocycles. The first kappa shape index (κ1) is 13.4. The molecule has 0 unspecified atom stereocenters. The van der Waals surface area contributed by atoms with Crippen molar-refractivity contribution in [2.75, 3.05) is 0 Å². The summed E-state index contributed by atoms with van der Waals surface area (Å²) in [7, 11) is 0. The highest BCUT2D eigenvalue weighted by atomic mass is 16.3. The van der Waals surface area contributed by atoms with Gasteiger partial charge >= 0.3 is 0 Å². The normalized spacial score (nSPS) is 36.6. The van der Waals surface area contributed by atoms with E-state index in [0.717, 1.165) is 0 Å². The Labute approximate surface area is 95.5 Å². The zero-order valence-electron chi connectivity index (χ0n) is 9.88. The molecular weight excluding hydrogens is 208 g/mol. The van der Waals surface area contributed by atoms with Gasteiger partial charge in [0.1, 0.15) is 6.10 Å². The van der Waals surface area contributed by atoms with Crippen LogP contribution in [0.5, 0.6) is 0 Å². The van der Waals surface area contributed by atoms with Crippen LogP contribution in [0, 0.1) is 0 Å². The topological polar surface area (TPSA) is 80.9 Å². The van der Waals surface area contributed by atoms with Crippen LogP contribution in [-0.2, 0) is 0 Å². The highest BCUT2D eigenvalue weighted by Gasteiger charge is 2.36. The van der Waals surface area contributed by atoms with Gasteiger partial charge in [-0.2, -0.15) is 0 Å². The molecule has 1 aliphatic rings. The summed E-state index contributed by atoms with van der Waals surface area (Å²) in [6.45, 7) is 4.71. The Bertz CT molecular complexity index is 309. The van der Waals surface area contributed by atoms with Crippen LogP contribution in [0.2, 0.25) is 0 Å². The molecule has 0 aliphatic heterocycles. The Hall–Kier alpha value is -0.680. The van der Waals surface area contributed by atoms with Crippen molar-refractivity contribution < 1.29 is 20.4 Å². The van der Waals surface area contributed by atoms with Crippen LogP contribution in [0.4, 0.5) is 0 Å². The molecule has 4 heteroatoms. The summed E-state index contributed by atoms with van der Waals surface area (Å²) in [6, 6.07) is 0. The van der Waals surface area contributed by atoms with Crippen molar-refractivity contribution >= 4 is 0 Å². The summed E-state index contributed by atoms with van der Waals surface area (Å²) in [5.41, 5.74) is -1.75. The van der Waals surface area contributed by atoms with E-state index in [0.29, 0.717) is 5.57 Å². The Morgan fingerprint density at radius 1 is 1.44 bits per heavy atom. The van der Waals surface area contributed by atoms with E-state index in [1.165, 1.54) is 19.1 Å². The summed E-state index contributed by atoms with van der Waals surface area (Å²) in [5, 5.41) is 38.6. The SMILES string of the molecule is CC(C)(O)/C=C/C1=C[C@H](O)[C@@](C)(O)C[C@@H]1O. The molecule has 0 heterocycles. The molecule has 0 radical (unpaired) electrons. The maximum atomic E-state index is 9.75. The van der Waals surface area contributed by atoms with Gasteiger partial charge in [0.2, 0.25) is 0 Å². The van der Waals surface area contributed by atoms with E-state index in [2.05, 4.69) is 0 Å². The summed E-state index contributed by atoms with van der Waals surface area (Å²) in [4.78, 5) is 0. The average Bonchev–Trinajstić information content (AvgIpc) is 2.07. The van der Waals surface area contributed by atoms with Gasteiger partial charge in [0.25, 0.3) is 0 Å². The Morgan fingerprint density at radius 3 is 2.50 bits per heavy atom. The molecule has 3 atom stereocenters. The van der Waals surface area contributed by atoms with Gasteiger partial charge in [0.05, 0.1) is 17.3 Å². The van der Waals surface area contributed by atoms with Gasteiger partial charge in [-0.3, -0.25) is 0 Å². The standard InChI is InChI=1S/C12H20O4/c1-11(2,15)5-4-8-6-10(14)12(3,16)7-9(8)13/h4-6,9-10,13-16H,7H2,1-3H3/b5-4+/t9-,10-,12-/m0/s1. The molecular formula is C12H20O4. The van der Waals surface area contributed by atoms with E-state index < -0.39 is 23.4 Å². The quantitative estimate of drug-likeness (QED) is 0.541. The van der Waals surface area contributed by atoms with Gasteiger partial charge in [-0.05, 0) is 32.4 Å². The van der Waals surface area contributed by atoms with Crippen LogP contribution in [0.1, 0.15) is 27.2 Å². The molecule has 1 aliphatic carbocycles. The van der Waals surface area contributed by atoms with E-state index in [1.807, 2.05) is 0 Å². The average molecular weight is 228 g/mol. The molecule has 0 spiro atoms. The predicted molar refractivity (Wildman–Crippen MR) is 60.8 cm³/mol. The fraction of sp³-hybridized carbons (Fsp3) is 0.667. The van der Waals surface area contributed by atoms with Gasteiger partial charge in [-0.25, -0.2) is 0 Å². The van der Waals surface area contributed by atoms with Crippen LogP contribution < -0.4 is 0 Å². The van der Waals surface area contributed by atoms with E-state index in [4.69, 9.17) is 0 Å². The van der Waals surface area contributed by atoms with E-state index in [9.17, 15) is 20.4 Å². The van der Waals surface area contributed by atoms with Crippen molar-refractivity contribution in [3.05, 3.63) is 23.8 Å². The first-order valence-corrected chi connectivity index (χ1v) is 5.34. The van der Waals surface area contributed by atoms with E-state index >= 15 is 0 Å². The Morgan fingerprint density at radius 2 is 2.00 bits per heavy atom. The molecule has 0 aromatic carbocycles. The van der Waals surface area contributed by atoms with Crippen molar-refractivity contribution in [3.63, 3.8) is 0 Å². The van der Waals surface area contributed by atoms with Crippen LogP contribution in [-0.4, -0.2) is 43.8 Å². The highest BCUT2D eigenvalue weighted by molar-refractivity contribution is 5.30. The summed E-state index contributed by atoms with van der Waals surface area (Å²) in [6.07, 6.45) is 2.78. The maximum Gasteiger partial charge on any atom is 0.101 e. The van der Waals surface area contributed by atoms with Crippen molar-refractivity contribution in [1.29, 1.82) is 0 Å². The third kappa shape index (κ3) is 3.42. The molecule has 4 nitrogen and oxygen atoms in total. The minimum absolute atomic E-state index is 0.0796. The minimum Gasteiger partial charge on any atom is -0.388 e. The van der Waals surface area contributed by atoms with Crippen molar-refractivity contribution in [1.82, 2.24) is 0 Å². The van der Waals surface area contributed by atoms with Gasteiger partial charge in [-0.15, -0.1) is 0 Å². The summed E-state index contributed by atoms with van der Waals surface area (Å²) < 4.78 is 0.